The van der Waals surface area contributed by atoms with Gasteiger partial charge in [0.05, 0.1) is 12.3 Å². The number of ether oxygens (including phenoxy) is 1. The van der Waals surface area contributed by atoms with Crippen LogP contribution in [-0.4, -0.2) is 28.5 Å². The molecule has 0 aliphatic carbocycles. The summed E-state index contributed by atoms with van der Waals surface area (Å²) in [6, 6.07) is 9.36. The Morgan fingerprint density at radius 2 is 2.00 bits per heavy atom. The van der Waals surface area contributed by atoms with Crippen molar-refractivity contribution >= 4 is 17.4 Å². The molecule has 128 valence electrons. The van der Waals surface area contributed by atoms with E-state index < -0.39 is 0 Å². The van der Waals surface area contributed by atoms with E-state index in [9.17, 15) is 4.79 Å². The molecule has 2 N–H and O–H groups in total. The molecule has 1 amide bonds. The van der Waals surface area contributed by atoms with Crippen LogP contribution in [0.5, 0.6) is 5.75 Å². The second kappa shape index (κ2) is 8.29. The zero-order chi connectivity index (χ0) is 17.5. The lowest BCUT2D eigenvalue weighted by Gasteiger charge is -2.14. The number of nitrogens with one attached hydrogen (secondary N) is 2. The number of aromatic nitrogens is 2. The Bertz CT molecular complexity index is 703. The van der Waals surface area contributed by atoms with Gasteiger partial charge in [0.25, 0.3) is 5.91 Å². The van der Waals surface area contributed by atoms with E-state index in [4.69, 9.17) is 4.74 Å². The Kier molecular flexibility index (Phi) is 6.12. The predicted octanol–water partition coefficient (Wildman–Crippen LogP) is 3.46. The van der Waals surface area contributed by atoms with Crippen molar-refractivity contribution in [3.8, 4) is 5.75 Å². The highest BCUT2D eigenvalue weighted by Gasteiger charge is 2.13. The quantitative estimate of drug-likeness (QED) is 0.814. The maximum Gasteiger partial charge on any atom is 0.270 e. The predicted molar refractivity (Wildman–Crippen MR) is 94.9 cm³/mol. The number of para-hydroxylation sites is 2. The van der Waals surface area contributed by atoms with Gasteiger partial charge in [-0.1, -0.05) is 19.1 Å². The fourth-order valence-electron chi connectivity index (χ4n) is 2.14. The molecule has 1 aromatic carbocycles. The first kappa shape index (κ1) is 17.7. The molecule has 0 spiro atoms. The number of hydrogen-bond acceptors (Lipinski definition) is 5. The van der Waals surface area contributed by atoms with Gasteiger partial charge < -0.3 is 15.4 Å². The van der Waals surface area contributed by atoms with Gasteiger partial charge in [0.2, 0.25) is 0 Å². The van der Waals surface area contributed by atoms with Crippen molar-refractivity contribution in [1.82, 2.24) is 15.3 Å². The molecule has 2 rings (SSSR count). The van der Waals surface area contributed by atoms with Gasteiger partial charge in [0.15, 0.2) is 0 Å². The number of amides is 1. The Hall–Kier alpha value is -2.63. The van der Waals surface area contributed by atoms with E-state index in [1.807, 2.05) is 45.0 Å². The molecule has 24 heavy (non-hydrogen) atoms. The fraction of sp³-hybridized carbons (Fsp3) is 0.389. The van der Waals surface area contributed by atoms with Crippen LogP contribution in [0.4, 0.5) is 11.5 Å². The molecule has 6 heteroatoms. The zero-order valence-electron chi connectivity index (χ0n) is 14.6. The van der Waals surface area contributed by atoms with Crippen molar-refractivity contribution in [2.45, 2.75) is 40.2 Å². The van der Waals surface area contributed by atoms with Gasteiger partial charge in [-0.3, -0.25) is 4.79 Å². The number of hydrogen-bond donors (Lipinski definition) is 2. The lowest BCUT2D eigenvalue weighted by molar-refractivity contribution is 0.0934. The molecule has 0 aliphatic rings. The number of carbonyl (C=O) groups excluding carboxylic acids is 1. The van der Waals surface area contributed by atoms with Crippen LogP contribution < -0.4 is 15.4 Å². The second-order valence-electron chi connectivity index (χ2n) is 5.52. The average molecular weight is 328 g/mol. The van der Waals surface area contributed by atoms with Crippen molar-refractivity contribution < 1.29 is 9.53 Å². The largest absolute Gasteiger partial charge is 0.492 e. The van der Waals surface area contributed by atoms with Crippen molar-refractivity contribution in [2.75, 3.05) is 11.9 Å². The van der Waals surface area contributed by atoms with Crippen molar-refractivity contribution in [3.63, 3.8) is 0 Å². The highest BCUT2D eigenvalue weighted by atomic mass is 16.5. The van der Waals surface area contributed by atoms with Gasteiger partial charge in [-0.2, -0.15) is 0 Å². The summed E-state index contributed by atoms with van der Waals surface area (Å²) in [7, 11) is 0. The van der Waals surface area contributed by atoms with Gasteiger partial charge in [-0.25, -0.2) is 9.97 Å². The van der Waals surface area contributed by atoms with Crippen molar-refractivity contribution in [2.24, 2.45) is 0 Å². The van der Waals surface area contributed by atoms with Crippen LogP contribution in [0.2, 0.25) is 0 Å². The monoisotopic (exact) mass is 328 g/mol. The van der Waals surface area contributed by atoms with Crippen LogP contribution in [0, 0.1) is 6.92 Å². The zero-order valence-corrected chi connectivity index (χ0v) is 14.6. The maximum absolute atomic E-state index is 12.3. The summed E-state index contributed by atoms with van der Waals surface area (Å²) in [5.41, 5.74) is 1.14. The average Bonchev–Trinajstić information content (AvgIpc) is 2.56. The molecular weight excluding hydrogens is 304 g/mol. The molecule has 0 radical (unpaired) electrons. The molecule has 1 heterocycles. The normalized spacial score (nSPS) is 11.7. The van der Waals surface area contributed by atoms with Gasteiger partial charge in [0, 0.05) is 12.1 Å². The van der Waals surface area contributed by atoms with E-state index in [0.29, 0.717) is 23.9 Å². The molecule has 6 nitrogen and oxygen atoms in total. The summed E-state index contributed by atoms with van der Waals surface area (Å²) in [6.45, 7) is 8.25. The van der Waals surface area contributed by atoms with Crippen LogP contribution in [0.1, 0.15) is 43.5 Å². The third kappa shape index (κ3) is 4.68. The number of rotatable bonds is 7. The molecule has 1 unspecified atom stereocenters. The molecule has 1 aromatic heterocycles. The number of anilines is 2. The Morgan fingerprint density at radius 1 is 1.25 bits per heavy atom. The summed E-state index contributed by atoms with van der Waals surface area (Å²) in [5, 5.41) is 6.12. The molecule has 0 saturated heterocycles. The summed E-state index contributed by atoms with van der Waals surface area (Å²) in [5.74, 6) is 1.63. The first-order chi connectivity index (χ1) is 11.5. The number of benzene rings is 1. The Labute approximate surface area is 142 Å². The van der Waals surface area contributed by atoms with Gasteiger partial charge in [0.1, 0.15) is 23.1 Å². The lowest BCUT2D eigenvalue weighted by atomic mass is 10.2. The first-order valence-corrected chi connectivity index (χ1v) is 8.18. The van der Waals surface area contributed by atoms with E-state index >= 15 is 0 Å². The number of nitrogens with zero attached hydrogens (tertiary/aromatic N) is 2. The molecule has 2 aromatic rings. The Balaban J connectivity index is 2.24. The number of aryl methyl sites for hydroxylation is 1. The van der Waals surface area contributed by atoms with Crippen LogP contribution in [-0.2, 0) is 0 Å². The van der Waals surface area contributed by atoms with Crippen LogP contribution in [0.15, 0.2) is 30.3 Å². The summed E-state index contributed by atoms with van der Waals surface area (Å²) < 4.78 is 5.60. The maximum atomic E-state index is 12.3. The van der Waals surface area contributed by atoms with Gasteiger partial charge in [-0.05, 0) is 39.3 Å². The van der Waals surface area contributed by atoms with Gasteiger partial charge >= 0.3 is 0 Å². The minimum absolute atomic E-state index is 0.0999. The van der Waals surface area contributed by atoms with E-state index in [1.165, 1.54) is 0 Å². The van der Waals surface area contributed by atoms with Crippen LogP contribution >= 0.6 is 0 Å². The molecular formula is C18H24N4O2. The van der Waals surface area contributed by atoms with E-state index in [-0.39, 0.29) is 11.9 Å². The van der Waals surface area contributed by atoms with Crippen molar-refractivity contribution in [1.29, 1.82) is 0 Å². The summed E-state index contributed by atoms with van der Waals surface area (Å²) >= 11 is 0. The van der Waals surface area contributed by atoms with E-state index in [1.54, 1.807) is 13.0 Å². The fourth-order valence-corrected chi connectivity index (χ4v) is 2.14. The highest BCUT2D eigenvalue weighted by Crippen LogP contribution is 2.26. The van der Waals surface area contributed by atoms with E-state index in [2.05, 4.69) is 20.6 Å². The third-order valence-corrected chi connectivity index (χ3v) is 3.51. The molecule has 0 saturated carbocycles. The minimum atomic E-state index is -0.198. The highest BCUT2D eigenvalue weighted by molar-refractivity contribution is 5.93. The minimum Gasteiger partial charge on any atom is -0.492 e. The smallest absolute Gasteiger partial charge is 0.270 e. The summed E-state index contributed by atoms with van der Waals surface area (Å²) in [6.07, 6.45) is 0.864. The molecule has 1 atom stereocenters. The lowest BCUT2D eigenvalue weighted by Crippen LogP contribution is -2.32. The topological polar surface area (TPSA) is 76.1 Å². The van der Waals surface area contributed by atoms with E-state index in [0.717, 1.165) is 17.9 Å². The molecule has 0 fully saturated rings. The summed E-state index contributed by atoms with van der Waals surface area (Å²) in [4.78, 5) is 20.9. The standard InChI is InChI=1S/C18H24N4O2/c1-5-12(3)19-18(23)15-11-17(21-13(4)20-15)22-14-9-7-8-10-16(14)24-6-2/h7-12H,5-6H2,1-4H3,(H,19,23)(H,20,21,22). The Morgan fingerprint density at radius 3 is 2.71 bits per heavy atom. The van der Waals surface area contributed by atoms with Crippen LogP contribution in [0.3, 0.4) is 0 Å². The van der Waals surface area contributed by atoms with Gasteiger partial charge in [-0.15, -0.1) is 0 Å². The van der Waals surface area contributed by atoms with Crippen molar-refractivity contribution in [3.05, 3.63) is 41.9 Å². The molecule has 0 aliphatic heterocycles. The second-order valence-corrected chi connectivity index (χ2v) is 5.52. The van der Waals surface area contributed by atoms with Crippen LogP contribution in [0.25, 0.3) is 0 Å². The third-order valence-electron chi connectivity index (χ3n) is 3.51. The molecule has 0 bridgehead atoms. The SMILES string of the molecule is CCOc1ccccc1Nc1cc(C(=O)NC(C)CC)nc(C)n1. The first-order valence-electron chi connectivity index (χ1n) is 8.18. The number of carbonyl (C=O) groups is 1.